The molecule has 1 aliphatic rings. The number of hydrogen-bond acceptors (Lipinski definition) is 3. The lowest BCUT2D eigenvalue weighted by Crippen LogP contribution is -2.42. The maximum absolute atomic E-state index is 10.1. The molecule has 2 heterocycles. The van der Waals surface area contributed by atoms with Gasteiger partial charge in [0.2, 0.25) is 0 Å². The molecule has 1 aromatic heterocycles. The summed E-state index contributed by atoms with van der Waals surface area (Å²) in [6, 6.07) is 4.11. The summed E-state index contributed by atoms with van der Waals surface area (Å²) in [5.74, 6) is 0. The average molecular weight is 424 g/mol. The third-order valence-electron chi connectivity index (χ3n) is 3.90. The van der Waals surface area contributed by atoms with Crippen molar-refractivity contribution in [1.82, 2.24) is 9.55 Å². The van der Waals surface area contributed by atoms with E-state index in [1.807, 2.05) is 23.6 Å². The molecule has 1 unspecified atom stereocenters. The minimum atomic E-state index is -0.543. The Hall–Kier alpha value is -0.100. The van der Waals surface area contributed by atoms with E-state index in [1.165, 1.54) is 0 Å². The molecule has 1 aromatic carbocycles. The number of fused-ring (bicyclic) bond motifs is 1. The van der Waals surface area contributed by atoms with Crippen molar-refractivity contribution < 1.29 is 5.11 Å². The molecule has 4 nitrogen and oxygen atoms in total. The Morgan fingerprint density at radius 2 is 2.10 bits per heavy atom. The Bertz CT molecular complexity index is 636. The highest BCUT2D eigenvalue weighted by molar-refractivity contribution is 14.2. The number of hydrogen-bond donors (Lipinski definition) is 1. The molecule has 1 N–H and O–H groups in total. The van der Waals surface area contributed by atoms with Crippen molar-refractivity contribution in [3.8, 4) is 0 Å². The Kier molecular flexibility index (Phi) is 4.15. The number of halogens is 2. The highest BCUT2D eigenvalue weighted by Gasteiger charge is 2.28. The van der Waals surface area contributed by atoms with E-state index in [0.29, 0.717) is 6.37 Å². The van der Waals surface area contributed by atoms with Crippen LogP contribution in [0.25, 0.3) is 10.9 Å². The van der Waals surface area contributed by atoms with Crippen molar-refractivity contribution >= 4 is 56.6 Å². The van der Waals surface area contributed by atoms with Gasteiger partial charge in [0.25, 0.3) is 0 Å². The molecule has 0 radical (unpaired) electrons. The number of nitrogens with zero attached hydrogens (tertiary/aromatic N) is 3. The quantitative estimate of drug-likeness (QED) is 0.590. The van der Waals surface area contributed by atoms with Crippen LogP contribution in [-0.2, 0) is 0 Å². The summed E-state index contributed by atoms with van der Waals surface area (Å²) >= 11 is 8.75. The Morgan fingerprint density at radius 1 is 1.40 bits per heavy atom. The van der Waals surface area contributed by atoms with Gasteiger partial charge in [-0.2, -0.15) is 5.10 Å². The summed E-state index contributed by atoms with van der Waals surface area (Å²) in [5.41, 5.74) is 1.62. The van der Waals surface area contributed by atoms with Crippen LogP contribution < -0.4 is 4.90 Å². The van der Waals surface area contributed by atoms with Crippen LogP contribution in [0.15, 0.2) is 18.3 Å². The molecular formula is C13H16ClIN3OP. The number of rotatable bonds is 2. The molecular weight excluding hydrogens is 407 g/mol. The second-order valence-corrected chi connectivity index (χ2v) is 7.93. The second-order valence-electron chi connectivity index (χ2n) is 5.49. The first-order valence-corrected chi connectivity index (χ1v) is 11.0. The van der Waals surface area contributed by atoms with Crippen molar-refractivity contribution in [2.75, 3.05) is 18.0 Å². The molecule has 7 heteroatoms. The minimum Gasteiger partial charge on any atom is -0.390 e. The van der Waals surface area contributed by atoms with Crippen LogP contribution >= 0.6 is 40.0 Å². The highest BCUT2D eigenvalue weighted by atomic mass is 127. The van der Waals surface area contributed by atoms with Gasteiger partial charge in [0.05, 0.1) is 34.4 Å². The van der Waals surface area contributed by atoms with E-state index in [2.05, 4.69) is 38.1 Å². The van der Waals surface area contributed by atoms with Crippen LogP contribution in [0, 0.1) is 0 Å². The number of aromatic nitrogens is 2. The van der Waals surface area contributed by atoms with E-state index in [0.717, 1.165) is 47.5 Å². The largest absolute Gasteiger partial charge is 0.390 e. The standard InChI is InChI=1S/C13H16ClIN3OP/c1-13(19)2-4-17(5-3-13)12-7-11-9(6-10(12)14)8-16-18(11)20-15/h6-8,19-20H,2-5H2,1H3. The van der Waals surface area contributed by atoms with Gasteiger partial charge in [-0.05, 0) is 53.9 Å². The molecule has 20 heavy (non-hydrogen) atoms. The van der Waals surface area contributed by atoms with Crippen LogP contribution in [0.1, 0.15) is 19.8 Å². The first kappa shape index (κ1) is 14.8. The fraction of sp³-hybridized carbons (Fsp3) is 0.462. The predicted octanol–water partition coefficient (Wildman–Crippen LogP) is 3.83. The van der Waals surface area contributed by atoms with E-state index < -0.39 is 5.60 Å². The van der Waals surface area contributed by atoms with E-state index in [9.17, 15) is 5.11 Å². The fourth-order valence-corrected chi connectivity index (χ4v) is 4.41. The summed E-state index contributed by atoms with van der Waals surface area (Å²) in [7, 11) is 0. The van der Waals surface area contributed by atoms with Gasteiger partial charge in [0, 0.05) is 18.5 Å². The first-order valence-electron chi connectivity index (χ1n) is 6.51. The van der Waals surface area contributed by atoms with Crippen molar-refractivity contribution in [2.24, 2.45) is 0 Å². The predicted molar refractivity (Wildman–Crippen MR) is 94.5 cm³/mol. The van der Waals surface area contributed by atoms with Gasteiger partial charge in [-0.25, -0.2) is 4.45 Å². The normalized spacial score (nSPS) is 19.3. The van der Waals surface area contributed by atoms with Gasteiger partial charge < -0.3 is 10.0 Å². The molecule has 0 spiro atoms. The molecule has 1 atom stereocenters. The fourth-order valence-electron chi connectivity index (χ4n) is 2.57. The molecule has 3 rings (SSSR count). The van der Waals surface area contributed by atoms with Crippen molar-refractivity contribution in [1.29, 1.82) is 0 Å². The molecule has 0 aliphatic carbocycles. The van der Waals surface area contributed by atoms with Crippen LogP contribution in [-0.4, -0.2) is 33.3 Å². The highest BCUT2D eigenvalue weighted by Crippen LogP contribution is 2.36. The van der Waals surface area contributed by atoms with E-state index in [1.54, 1.807) is 0 Å². The lowest BCUT2D eigenvalue weighted by atomic mass is 9.93. The van der Waals surface area contributed by atoms with Crippen LogP contribution in [0.5, 0.6) is 0 Å². The van der Waals surface area contributed by atoms with Gasteiger partial charge in [0.15, 0.2) is 0 Å². The lowest BCUT2D eigenvalue weighted by Gasteiger charge is -2.37. The number of anilines is 1. The Balaban J connectivity index is 1.97. The summed E-state index contributed by atoms with van der Waals surface area (Å²) in [6.07, 6.45) is 3.98. The van der Waals surface area contributed by atoms with E-state index in [-0.39, 0.29) is 0 Å². The Labute approximate surface area is 137 Å². The summed E-state index contributed by atoms with van der Waals surface area (Å²) in [5, 5.41) is 16.3. The van der Waals surface area contributed by atoms with Gasteiger partial charge in [-0.1, -0.05) is 11.6 Å². The molecule has 1 fully saturated rings. The third-order valence-corrected chi connectivity index (χ3v) is 6.09. The molecule has 1 saturated heterocycles. The number of benzene rings is 1. The summed E-state index contributed by atoms with van der Waals surface area (Å²) < 4.78 is 2.00. The molecule has 0 saturated carbocycles. The van der Waals surface area contributed by atoms with E-state index in [4.69, 9.17) is 11.6 Å². The topological polar surface area (TPSA) is 41.3 Å². The van der Waals surface area contributed by atoms with Crippen molar-refractivity contribution in [2.45, 2.75) is 25.4 Å². The molecule has 1 aliphatic heterocycles. The smallest absolute Gasteiger partial charge is 0.0751 e. The van der Waals surface area contributed by atoms with Gasteiger partial charge >= 0.3 is 0 Å². The number of piperidine rings is 1. The van der Waals surface area contributed by atoms with Crippen LogP contribution in [0.4, 0.5) is 5.69 Å². The monoisotopic (exact) mass is 423 g/mol. The zero-order chi connectivity index (χ0) is 14.3. The van der Waals surface area contributed by atoms with E-state index >= 15 is 0 Å². The van der Waals surface area contributed by atoms with Gasteiger partial charge in [0.1, 0.15) is 0 Å². The maximum Gasteiger partial charge on any atom is 0.0751 e. The van der Waals surface area contributed by atoms with Crippen molar-refractivity contribution in [3.05, 3.63) is 23.4 Å². The molecule has 0 amide bonds. The van der Waals surface area contributed by atoms with Gasteiger partial charge in [-0.15, -0.1) is 0 Å². The zero-order valence-electron chi connectivity index (χ0n) is 11.1. The SMILES string of the molecule is CC1(O)CCN(c2cc3c(cnn3PI)cc2Cl)CC1. The lowest BCUT2D eigenvalue weighted by molar-refractivity contribution is 0.0351. The minimum absolute atomic E-state index is 0.543. The number of aliphatic hydroxyl groups is 1. The first-order chi connectivity index (χ1) is 9.50. The summed E-state index contributed by atoms with van der Waals surface area (Å²) in [4.78, 5) is 2.26. The molecule has 0 bridgehead atoms. The van der Waals surface area contributed by atoms with Crippen LogP contribution in [0.2, 0.25) is 5.02 Å². The van der Waals surface area contributed by atoms with Crippen molar-refractivity contribution in [3.63, 3.8) is 0 Å². The second kappa shape index (κ2) is 5.59. The zero-order valence-corrected chi connectivity index (χ0v) is 15.0. The molecule has 108 valence electrons. The Morgan fingerprint density at radius 3 is 2.75 bits per heavy atom. The third kappa shape index (κ3) is 2.78. The maximum atomic E-state index is 10.1. The average Bonchev–Trinajstić information content (AvgIpc) is 2.80. The van der Waals surface area contributed by atoms with Crippen LogP contribution in [0.3, 0.4) is 0 Å². The summed E-state index contributed by atoms with van der Waals surface area (Å²) in [6.45, 7) is 3.57. The molecule has 2 aromatic rings. The van der Waals surface area contributed by atoms with Gasteiger partial charge in [-0.3, -0.25) is 0 Å².